The molecule has 30 nitrogen and oxygen atoms in total. The quantitative estimate of drug-likeness (QED) is 0.0316. The molecule has 8 amide bonds. The lowest BCUT2D eigenvalue weighted by Crippen LogP contribution is -2.61. The van der Waals surface area contributed by atoms with Crippen molar-refractivity contribution in [1.29, 1.82) is 0 Å². The molecule has 2 rings (SSSR count). The van der Waals surface area contributed by atoms with E-state index in [4.69, 9.17) is 15.9 Å². The van der Waals surface area contributed by atoms with E-state index in [0.717, 1.165) is 4.90 Å². The molecule has 9 atom stereocenters. The van der Waals surface area contributed by atoms with E-state index in [1.54, 1.807) is 6.26 Å². The highest BCUT2D eigenvalue weighted by Crippen LogP contribution is 2.21. The van der Waals surface area contributed by atoms with Crippen molar-refractivity contribution in [1.82, 2.24) is 42.1 Å². The molecule has 426 valence electrons. The molecule has 1 aliphatic rings. The van der Waals surface area contributed by atoms with Crippen LogP contribution in [-0.2, 0) is 73.5 Å². The van der Waals surface area contributed by atoms with E-state index in [1.807, 2.05) is 0 Å². The van der Waals surface area contributed by atoms with Crippen LogP contribution < -0.4 is 43.0 Å². The molecule has 1 aromatic rings. The van der Waals surface area contributed by atoms with Crippen molar-refractivity contribution in [2.45, 2.75) is 139 Å². The summed E-state index contributed by atoms with van der Waals surface area (Å²) in [5.41, 5.74) is 6.00. The predicted molar refractivity (Wildman–Crippen MR) is 264 cm³/mol. The van der Waals surface area contributed by atoms with Gasteiger partial charge in [-0.15, -0.1) is 0 Å². The Labute approximate surface area is 443 Å². The number of aromatic hydroxyl groups is 1. The van der Waals surface area contributed by atoms with Crippen molar-refractivity contribution < 1.29 is 103 Å². The number of nitrogens with two attached hydrogens (primary N) is 1. The third-order valence-electron chi connectivity index (χ3n) is 11.6. The first-order valence-corrected chi connectivity index (χ1v) is 25.2. The van der Waals surface area contributed by atoms with Gasteiger partial charge in [-0.05, 0) is 67.7 Å². The lowest BCUT2D eigenvalue weighted by molar-refractivity contribution is -0.148. The number of phenols is 1. The lowest BCUT2D eigenvalue weighted by Gasteiger charge is -2.30. The Kier molecular flexibility index (Phi) is 26.8. The van der Waals surface area contributed by atoms with Gasteiger partial charge in [-0.3, -0.25) is 62.3 Å². The van der Waals surface area contributed by atoms with Crippen LogP contribution in [0.4, 0.5) is 0 Å². The molecular formula is C46H65N9O21S. The first-order chi connectivity index (χ1) is 36.0. The number of nitrogens with zero attached hydrogens (tertiary/aromatic N) is 1. The Balaban J connectivity index is 2.46. The summed E-state index contributed by atoms with van der Waals surface area (Å²) in [5.74, 6) is -19.1. The predicted octanol–water partition coefficient (Wildman–Crippen LogP) is -3.71. The van der Waals surface area contributed by atoms with E-state index in [1.165, 1.54) is 49.9 Å². The summed E-state index contributed by atoms with van der Waals surface area (Å²) in [6, 6.07) is -10.1. The van der Waals surface area contributed by atoms with Crippen molar-refractivity contribution in [2.75, 3.05) is 18.6 Å². The summed E-state index contributed by atoms with van der Waals surface area (Å²) in [6.45, 7) is 2.78. The molecule has 1 aromatic carbocycles. The molecule has 0 aromatic heterocycles. The number of carbonyl (C=O) groups is 14. The number of thioether (sulfide) groups is 1. The van der Waals surface area contributed by atoms with Crippen LogP contribution >= 0.6 is 11.8 Å². The second-order valence-electron chi connectivity index (χ2n) is 18.0. The average molecular weight is 1110 g/mol. The standard InChI is InChI=1S/C46H65N9O21S/c1-21(2)37(54-42(71)29(19-35(63)64)50-39(68)25(11-13-33(59)60)48-38(67)24(47)10-12-32(57)58)44(73)52-27(17-22-6-8-23(56)9-7-22)40(69)51-28(18-34(61)62)41(70)49-26(14-16-77-3)45(74)55-15-4-5-31(55)43(72)53-30(46(75)76)20-36(65)66/h6-9,21,24-31,37,56H,4-5,10-20,47H2,1-3H3,(H,48,67)(H,49,70)(H,50,68)(H,51,69)(H,52,73)(H,53,72)(H,54,71)(H,57,58)(H,59,60)(H,61,62)(H,63,64)(H,65,66)(H,75,76)/t24-,25-,26-,27-,28-,29-,30-,31-,37-/m0/s1. The largest absolute Gasteiger partial charge is 0.508 e. The fourth-order valence-corrected chi connectivity index (χ4v) is 8.05. The Morgan fingerprint density at radius 1 is 0.571 bits per heavy atom. The molecule has 0 radical (unpaired) electrons. The molecule has 1 saturated heterocycles. The SMILES string of the molecule is CSCC[C@H](NC(=O)[C@H](CC(=O)O)NC(=O)[C@H](Cc1ccc(O)cc1)NC(=O)[C@@H](NC(=O)[C@H](CC(=O)O)NC(=O)[C@H](CCC(=O)O)NC(=O)[C@@H](N)CCC(=O)O)C(C)C)C(=O)N1CCC[C@H]1C(=O)N[C@@H](CC(=O)O)C(=O)O. The molecule has 0 unspecified atom stereocenters. The van der Waals surface area contributed by atoms with Gasteiger partial charge < -0.3 is 83.6 Å². The number of hydrogen-bond acceptors (Lipinski definition) is 17. The van der Waals surface area contributed by atoms with Gasteiger partial charge in [0.2, 0.25) is 47.3 Å². The number of benzene rings is 1. The molecule has 77 heavy (non-hydrogen) atoms. The number of hydrogen-bond donors (Lipinski definition) is 15. The summed E-state index contributed by atoms with van der Waals surface area (Å²) < 4.78 is 0. The molecule has 1 heterocycles. The van der Waals surface area contributed by atoms with E-state index in [0.29, 0.717) is 0 Å². The molecule has 1 aliphatic heterocycles. The van der Waals surface area contributed by atoms with Crippen molar-refractivity contribution in [3.8, 4) is 5.75 Å². The fourth-order valence-electron chi connectivity index (χ4n) is 7.58. The number of rotatable bonds is 34. The summed E-state index contributed by atoms with van der Waals surface area (Å²) in [5, 5.41) is 82.0. The molecular weight excluding hydrogens is 1050 g/mol. The van der Waals surface area contributed by atoms with Crippen LogP contribution in [0.2, 0.25) is 0 Å². The number of aliphatic carboxylic acids is 6. The topological polar surface area (TPSA) is 494 Å². The van der Waals surface area contributed by atoms with E-state index in [9.17, 15) is 92.7 Å². The number of amides is 8. The van der Waals surface area contributed by atoms with E-state index < -0.39 is 188 Å². The molecule has 0 saturated carbocycles. The van der Waals surface area contributed by atoms with Crippen LogP contribution in [0.15, 0.2) is 24.3 Å². The molecule has 0 bridgehead atoms. The summed E-state index contributed by atoms with van der Waals surface area (Å²) in [6.07, 6.45) is -4.09. The van der Waals surface area contributed by atoms with Gasteiger partial charge in [-0.1, -0.05) is 26.0 Å². The molecule has 0 aliphatic carbocycles. The summed E-state index contributed by atoms with van der Waals surface area (Å²) in [4.78, 5) is 180. The van der Waals surface area contributed by atoms with Gasteiger partial charge in [-0.25, -0.2) is 4.79 Å². The second kappa shape index (κ2) is 31.7. The maximum absolute atomic E-state index is 14.2. The Bertz CT molecular complexity index is 2350. The van der Waals surface area contributed by atoms with Crippen molar-refractivity contribution >= 4 is 94.8 Å². The summed E-state index contributed by atoms with van der Waals surface area (Å²) >= 11 is 1.24. The number of likely N-dealkylation sites (tertiary alicyclic amines) is 1. The number of carboxylic acids is 6. The smallest absolute Gasteiger partial charge is 0.326 e. The molecule has 16 N–H and O–H groups in total. The minimum absolute atomic E-state index is 0.0280. The number of phenolic OH excluding ortho intramolecular Hbond substituents is 1. The van der Waals surface area contributed by atoms with E-state index >= 15 is 0 Å². The minimum Gasteiger partial charge on any atom is -0.508 e. The number of carbonyl (C=O) groups excluding carboxylic acids is 8. The lowest BCUT2D eigenvalue weighted by atomic mass is 9.99. The van der Waals surface area contributed by atoms with Crippen molar-refractivity contribution in [3.63, 3.8) is 0 Å². The third-order valence-corrected chi connectivity index (χ3v) is 12.3. The first kappa shape index (κ1) is 65.0. The van der Waals surface area contributed by atoms with Crippen LogP contribution in [0, 0.1) is 5.92 Å². The van der Waals surface area contributed by atoms with Gasteiger partial charge in [0.15, 0.2) is 0 Å². The average Bonchev–Trinajstić information content (AvgIpc) is 3.84. The molecule has 31 heteroatoms. The molecule has 1 fully saturated rings. The number of nitrogens with one attached hydrogen (secondary N) is 7. The van der Waals surface area contributed by atoms with E-state index in [-0.39, 0.29) is 49.3 Å². The van der Waals surface area contributed by atoms with Crippen LogP contribution in [-0.4, -0.2) is 197 Å². The zero-order valence-electron chi connectivity index (χ0n) is 42.1. The first-order valence-electron chi connectivity index (χ1n) is 23.8. The van der Waals surface area contributed by atoms with Crippen molar-refractivity contribution in [3.05, 3.63) is 29.8 Å². The van der Waals surface area contributed by atoms with Gasteiger partial charge in [0.25, 0.3) is 0 Å². The zero-order chi connectivity index (χ0) is 58.3. The maximum atomic E-state index is 14.2. The number of carboxylic acid groups (broad SMARTS) is 6. The van der Waals surface area contributed by atoms with Gasteiger partial charge in [0, 0.05) is 25.8 Å². The van der Waals surface area contributed by atoms with Crippen LogP contribution in [0.5, 0.6) is 5.75 Å². The highest BCUT2D eigenvalue weighted by molar-refractivity contribution is 7.98. The van der Waals surface area contributed by atoms with E-state index in [2.05, 4.69) is 37.2 Å². The highest BCUT2D eigenvalue weighted by atomic mass is 32.2. The second-order valence-corrected chi connectivity index (χ2v) is 19.0. The minimum atomic E-state index is -2.02. The van der Waals surface area contributed by atoms with Crippen molar-refractivity contribution in [2.24, 2.45) is 11.7 Å². The van der Waals surface area contributed by atoms with Gasteiger partial charge >= 0.3 is 35.8 Å². The van der Waals surface area contributed by atoms with Crippen LogP contribution in [0.1, 0.15) is 83.6 Å². The highest BCUT2D eigenvalue weighted by Gasteiger charge is 2.41. The van der Waals surface area contributed by atoms with Crippen LogP contribution in [0.3, 0.4) is 0 Å². The monoisotopic (exact) mass is 1110 g/mol. The fraction of sp³-hybridized carbons (Fsp3) is 0.565. The normalized spacial score (nSPS) is 16.1. The zero-order valence-corrected chi connectivity index (χ0v) is 42.9. The van der Waals surface area contributed by atoms with Gasteiger partial charge in [0.1, 0.15) is 54.1 Å². The Morgan fingerprint density at radius 3 is 1.55 bits per heavy atom. The molecule has 0 spiro atoms. The Hall–Kier alpha value is -8.09. The Morgan fingerprint density at radius 2 is 1.04 bits per heavy atom. The maximum Gasteiger partial charge on any atom is 0.326 e. The van der Waals surface area contributed by atoms with Gasteiger partial charge in [0.05, 0.1) is 25.3 Å². The third kappa shape index (κ3) is 22.7. The summed E-state index contributed by atoms with van der Waals surface area (Å²) in [7, 11) is 0. The van der Waals surface area contributed by atoms with Crippen LogP contribution in [0.25, 0.3) is 0 Å². The van der Waals surface area contributed by atoms with Gasteiger partial charge in [-0.2, -0.15) is 11.8 Å².